The standard InChI is InChI=1S/C12H14FN3O.3ClH/c13-9-1-2-11-10(7-9)15-12(17-11)8-16-5-3-14-4-6-16;;;/h1-2,7,14H,3-6,8H2;3*1H. The Labute approximate surface area is 135 Å². The van der Waals surface area contributed by atoms with Crippen LogP contribution in [0.5, 0.6) is 0 Å². The SMILES string of the molecule is Cl.Cl.Cl.Fc1ccc2oc(CN3CCNCC3)nc2c1. The summed E-state index contributed by atoms with van der Waals surface area (Å²) >= 11 is 0. The molecule has 114 valence electrons. The molecule has 0 amide bonds. The summed E-state index contributed by atoms with van der Waals surface area (Å²) in [5.74, 6) is 0.382. The molecule has 0 unspecified atom stereocenters. The molecule has 0 bridgehead atoms. The number of halogens is 4. The van der Waals surface area contributed by atoms with E-state index in [1.165, 1.54) is 12.1 Å². The minimum absolute atomic E-state index is 0. The third-order valence-corrected chi connectivity index (χ3v) is 2.96. The summed E-state index contributed by atoms with van der Waals surface area (Å²) in [5.41, 5.74) is 1.24. The second-order valence-corrected chi connectivity index (χ2v) is 4.25. The Morgan fingerprint density at radius 2 is 1.90 bits per heavy atom. The lowest BCUT2D eigenvalue weighted by molar-refractivity contribution is 0.214. The van der Waals surface area contributed by atoms with E-state index in [1.54, 1.807) is 6.07 Å². The van der Waals surface area contributed by atoms with Crippen LogP contribution in [0, 0.1) is 5.82 Å². The molecule has 1 aliphatic heterocycles. The van der Waals surface area contributed by atoms with Crippen LogP contribution < -0.4 is 5.32 Å². The van der Waals surface area contributed by atoms with Crippen LogP contribution in [-0.2, 0) is 6.54 Å². The first-order valence-corrected chi connectivity index (χ1v) is 5.79. The maximum Gasteiger partial charge on any atom is 0.209 e. The second-order valence-electron chi connectivity index (χ2n) is 4.25. The summed E-state index contributed by atoms with van der Waals surface area (Å²) in [6, 6.07) is 4.42. The summed E-state index contributed by atoms with van der Waals surface area (Å²) in [6.07, 6.45) is 0. The van der Waals surface area contributed by atoms with Gasteiger partial charge in [-0.25, -0.2) is 9.37 Å². The van der Waals surface area contributed by atoms with Crippen LogP contribution in [0.25, 0.3) is 11.1 Å². The Morgan fingerprint density at radius 3 is 2.60 bits per heavy atom. The van der Waals surface area contributed by atoms with E-state index in [9.17, 15) is 4.39 Å². The van der Waals surface area contributed by atoms with Gasteiger partial charge in [-0.15, -0.1) is 37.2 Å². The first-order valence-electron chi connectivity index (χ1n) is 5.79. The van der Waals surface area contributed by atoms with E-state index in [-0.39, 0.29) is 43.0 Å². The van der Waals surface area contributed by atoms with Gasteiger partial charge in [-0.1, -0.05) is 0 Å². The lowest BCUT2D eigenvalue weighted by atomic mass is 10.3. The lowest BCUT2D eigenvalue weighted by Crippen LogP contribution is -2.42. The molecule has 1 aromatic carbocycles. The summed E-state index contributed by atoms with van der Waals surface area (Å²) in [5, 5.41) is 3.29. The number of benzene rings is 1. The maximum atomic E-state index is 13.0. The number of rotatable bonds is 2. The highest BCUT2D eigenvalue weighted by molar-refractivity contribution is 5.86. The van der Waals surface area contributed by atoms with E-state index in [1.807, 2.05) is 0 Å². The van der Waals surface area contributed by atoms with Gasteiger partial charge in [-0.05, 0) is 12.1 Å². The monoisotopic (exact) mass is 343 g/mol. The van der Waals surface area contributed by atoms with Gasteiger partial charge < -0.3 is 9.73 Å². The van der Waals surface area contributed by atoms with E-state index in [0.717, 1.165) is 26.2 Å². The van der Waals surface area contributed by atoms with Crippen molar-refractivity contribution < 1.29 is 8.81 Å². The van der Waals surface area contributed by atoms with E-state index in [0.29, 0.717) is 23.5 Å². The van der Waals surface area contributed by atoms with E-state index < -0.39 is 0 Å². The number of nitrogens with one attached hydrogen (secondary N) is 1. The fraction of sp³-hybridized carbons (Fsp3) is 0.417. The van der Waals surface area contributed by atoms with Gasteiger partial charge in [-0.3, -0.25) is 4.90 Å². The molecule has 1 N–H and O–H groups in total. The predicted molar refractivity (Wildman–Crippen MR) is 83.9 cm³/mol. The zero-order valence-corrected chi connectivity index (χ0v) is 13.1. The molecule has 8 heteroatoms. The molecular formula is C12H17Cl3FN3O. The van der Waals surface area contributed by atoms with Crippen molar-refractivity contribution in [3.8, 4) is 0 Å². The van der Waals surface area contributed by atoms with Gasteiger partial charge in [0.25, 0.3) is 0 Å². The highest BCUT2D eigenvalue weighted by Gasteiger charge is 2.13. The van der Waals surface area contributed by atoms with Crippen molar-refractivity contribution >= 4 is 48.3 Å². The van der Waals surface area contributed by atoms with Gasteiger partial charge in [0.1, 0.15) is 11.3 Å². The van der Waals surface area contributed by atoms with E-state index >= 15 is 0 Å². The van der Waals surface area contributed by atoms with Crippen molar-refractivity contribution in [3.05, 3.63) is 29.9 Å². The largest absolute Gasteiger partial charge is 0.439 e. The van der Waals surface area contributed by atoms with Crippen molar-refractivity contribution in [3.63, 3.8) is 0 Å². The molecule has 1 aliphatic rings. The molecule has 4 nitrogen and oxygen atoms in total. The van der Waals surface area contributed by atoms with Gasteiger partial charge in [0.05, 0.1) is 6.54 Å². The van der Waals surface area contributed by atoms with Gasteiger partial charge in [0, 0.05) is 32.2 Å². The van der Waals surface area contributed by atoms with Crippen molar-refractivity contribution in [1.82, 2.24) is 15.2 Å². The molecule has 1 aromatic heterocycles. The van der Waals surface area contributed by atoms with Crippen molar-refractivity contribution in [2.75, 3.05) is 26.2 Å². The number of fused-ring (bicyclic) bond motifs is 1. The third kappa shape index (κ3) is 4.46. The molecule has 1 fully saturated rings. The van der Waals surface area contributed by atoms with Gasteiger partial charge in [0.15, 0.2) is 5.58 Å². The van der Waals surface area contributed by atoms with E-state index in [2.05, 4.69) is 15.2 Å². The van der Waals surface area contributed by atoms with Crippen LogP contribution in [-0.4, -0.2) is 36.1 Å². The van der Waals surface area contributed by atoms with Crippen LogP contribution in [0.2, 0.25) is 0 Å². The zero-order valence-electron chi connectivity index (χ0n) is 10.7. The average Bonchev–Trinajstić information content (AvgIpc) is 2.71. The molecule has 1 saturated heterocycles. The fourth-order valence-electron chi connectivity index (χ4n) is 2.08. The van der Waals surface area contributed by atoms with Crippen molar-refractivity contribution in [1.29, 1.82) is 0 Å². The molecule has 0 radical (unpaired) electrons. The molecule has 0 spiro atoms. The van der Waals surface area contributed by atoms with Crippen LogP contribution in [0.15, 0.2) is 22.6 Å². The summed E-state index contributed by atoms with van der Waals surface area (Å²) in [4.78, 5) is 6.57. The Kier molecular flexibility index (Phi) is 8.39. The van der Waals surface area contributed by atoms with Crippen LogP contribution in [0.1, 0.15) is 5.89 Å². The molecule has 2 aromatic rings. The van der Waals surface area contributed by atoms with Crippen LogP contribution in [0.4, 0.5) is 4.39 Å². The lowest BCUT2D eigenvalue weighted by Gasteiger charge is -2.25. The number of aromatic nitrogens is 1. The molecule has 20 heavy (non-hydrogen) atoms. The highest BCUT2D eigenvalue weighted by Crippen LogP contribution is 2.17. The number of oxazole rings is 1. The number of piperazine rings is 1. The highest BCUT2D eigenvalue weighted by atomic mass is 35.5. The Hall–Kier alpha value is -0.590. The van der Waals surface area contributed by atoms with Gasteiger partial charge >= 0.3 is 0 Å². The normalized spacial score (nSPS) is 15.1. The average molecular weight is 345 g/mol. The minimum Gasteiger partial charge on any atom is -0.439 e. The fourth-order valence-corrected chi connectivity index (χ4v) is 2.08. The molecule has 0 aliphatic carbocycles. The Morgan fingerprint density at radius 1 is 1.20 bits per heavy atom. The number of hydrogen-bond acceptors (Lipinski definition) is 4. The molecule has 0 atom stereocenters. The first-order chi connectivity index (χ1) is 8.31. The Bertz CT molecular complexity index is 532. The molecule has 3 rings (SSSR count). The number of hydrogen-bond donors (Lipinski definition) is 1. The summed E-state index contributed by atoms with van der Waals surface area (Å²) < 4.78 is 18.6. The molecule has 2 heterocycles. The molecule has 0 saturated carbocycles. The smallest absolute Gasteiger partial charge is 0.209 e. The summed E-state index contributed by atoms with van der Waals surface area (Å²) in [7, 11) is 0. The Balaban J connectivity index is 0.00000120. The van der Waals surface area contributed by atoms with Crippen LogP contribution >= 0.6 is 37.2 Å². The van der Waals surface area contributed by atoms with Gasteiger partial charge in [0.2, 0.25) is 5.89 Å². The quantitative estimate of drug-likeness (QED) is 0.909. The van der Waals surface area contributed by atoms with E-state index in [4.69, 9.17) is 4.42 Å². The maximum absolute atomic E-state index is 13.0. The second kappa shape index (κ2) is 8.64. The first kappa shape index (κ1) is 19.4. The minimum atomic E-state index is -0.278. The third-order valence-electron chi connectivity index (χ3n) is 2.96. The topological polar surface area (TPSA) is 41.3 Å². The van der Waals surface area contributed by atoms with Gasteiger partial charge in [-0.2, -0.15) is 0 Å². The van der Waals surface area contributed by atoms with Crippen molar-refractivity contribution in [2.24, 2.45) is 0 Å². The molecular weight excluding hydrogens is 328 g/mol. The summed E-state index contributed by atoms with van der Waals surface area (Å²) in [6.45, 7) is 4.67. The number of nitrogens with zero attached hydrogens (tertiary/aromatic N) is 2. The van der Waals surface area contributed by atoms with Crippen molar-refractivity contribution in [2.45, 2.75) is 6.54 Å². The van der Waals surface area contributed by atoms with Crippen LogP contribution in [0.3, 0.4) is 0 Å². The zero-order chi connectivity index (χ0) is 11.7. The predicted octanol–water partition coefficient (Wildman–Crippen LogP) is 2.64.